The number of aliphatic carboxylic acids is 1. The standard InChI is InChI=1S/C18H21N9O6S2/c1-33-23-10(13-22-18(20)35-24-13)14(29)21-11-15(30)27-12(17(31)32)8(7-34-16(11)27)6-25-3-2-9(19)26(25)4-5-28/h2-3,11,16,19,28H,4-7H2,1H3,(H4,20,21,22,24,29,31,32)/p+1/t11-,16-/m1/s1. The quantitative estimate of drug-likeness (QED) is 0.101. The van der Waals surface area contributed by atoms with E-state index >= 15 is 0 Å². The molecule has 186 valence electrons. The van der Waals surface area contributed by atoms with Gasteiger partial charge in [-0.3, -0.25) is 14.5 Å². The molecule has 15 nitrogen and oxygen atoms in total. The second-order valence-electron chi connectivity index (χ2n) is 7.38. The van der Waals surface area contributed by atoms with Crippen molar-refractivity contribution >= 4 is 57.7 Å². The van der Waals surface area contributed by atoms with Crippen molar-refractivity contribution < 1.29 is 34.1 Å². The monoisotopic (exact) mass is 524 g/mol. The molecule has 4 heterocycles. The summed E-state index contributed by atoms with van der Waals surface area (Å²) in [6, 6.07) is 0.655. The van der Waals surface area contributed by atoms with E-state index in [4.69, 9.17) is 16.3 Å². The molecule has 2 aromatic rings. The van der Waals surface area contributed by atoms with E-state index in [2.05, 4.69) is 19.8 Å². The number of carbonyl (C=O) groups is 3. The van der Waals surface area contributed by atoms with Gasteiger partial charge >= 0.3 is 5.97 Å². The Balaban J connectivity index is 1.54. The highest BCUT2D eigenvalue weighted by Crippen LogP contribution is 2.40. The number of nitrogens with one attached hydrogen (secondary N) is 1. The van der Waals surface area contributed by atoms with E-state index < -0.39 is 29.2 Å². The maximum absolute atomic E-state index is 13.0. The van der Waals surface area contributed by atoms with E-state index in [0.29, 0.717) is 17.1 Å². The lowest BCUT2D eigenvalue weighted by Gasteiger charge is -2.49. The number of nitrogens with zero attached hydrogens (tertiary/aromatic N) is 6. The van der Waals surface area contributed by atoms with Crippen LogP contribution >= 0.6 is 23.3 Å². The normalized spacial score (nSPS) is 19.9. The van der Waals surface area contributed by atoms with Crippen molar-refractivity contribution in [2.24, 2.45) is 5.16 Å². The second kappa shape index (κ2) is 9.88. The third kappa shape index (κ3) is 4.52. The first kappa shape index (κ1) is 24.4. The van der Waals surface area contributed by atoms with E-state index in [1.54, 1.807) is 21.6 Å². The van der Waals surface area contributed by atoms with Gasteiger partial charge in [0.2, 0.25) is 11.5 Å². The fourth-order valence-electron chi connectivity index (χ4n) is 3.78. The molecule has 1 saturated heterocycles. The molecule has 0 aliphatic carbocycles. The Kier molecular flexibility index (Phi) is 6.90. The molecule has 1 fully saturated rings. The summed E-state index contributed by atoms with van der Waals surface area (Å²) < 4.78 is 7.22. The van der Waals surface area contributed by atoms with Gasteiger partial charge in [0.1, 0.15) is 30.8 Å². The molecule has 0 unspecified atom stereocenters. The predicted molar refractivity (Wildman–Crippen MR) is 124 cm³/mol. The summed E-state index contributed by atoms with van der Waals surface area (Å²) in [6.45, 7) is 0.233. The molecule has 2 aromatic heterocycles. The van der Waals surface area contributed by atoms with Crippen LogP contribution in [0.1, 0.15) is 5.82 Å². The van der Waals surface area contributed by atoms with Crippen LogP contribution in [0.3, 0.4) is 0 Å². The Morgan fingerprint density at radius 3 is 2.83 bits per heavy atom. The van der Waals surface area contributed by atoms with Crippen molar-refractivity contribution in [2.45, 2.75) is 24.5 Å². The molecule has 2 atom stereocenters. The zero-order chi connectivity index (χ0) is 25.3. The molecular weight excluding hydrogens is 502 g/mol. The molecule has 0 bridgehead atoms. The van der Waals surface area contributed by atoms with Crippen molar-refractivity contribution in [1.82, 2.24) is 24.3 Å². The number of aromatic nitrogens is 4. The summed E-state index contributed by atoms with van der Waals surface area (Å²) >= 11 is 2.18. The van der Waals surface area contributed by atoms with Crippen LogP contribution in [0.15, 0.2) is 28.7 Å². The largest absolute Gasteiger partial charge is 0.477 e. The first-order chi connectivity index (χ1) is 16.8. The molecule has 0 aromatic carbocycles. The number of hydrogen-bond acceptors (Lipinski definition) is 12. The second-order valence-corrected chi connectivity index (χ2v) is 9.27. The molecule has 0 radical (unpaired) electrons. The molecule has 2 amide bonds. The number of fused-ring (bicyclic) bond motifs is 1. The number of thioether (sulfide) groups is 1. The number of nitrogens with two attached hydrogens (primary N) is 2. The lowest BCUT2D eigenvalue weighted by Crippen LogP contribution is -2.71. The number of aliphatic hydroxyl groups is 1. The number of hydrogen-bond donors (Lipinski definition) is 5. The van der Waals surface area contributed by atoms with Gasteiger partial charge in [0.05, 0.1) is 12.7 Å². The number of nitrogen functional groups attached to an aromatic ring is 2. The Morgan fingerprint density at radius 1 is 1.43 bits per heavy atom. The molecular formula is C18H22N9O6S2+. The number of carbonyl (C=O) groups excluding carboxylic acids is 2. The lowest BCUT2D eigenvalue weighted by atomic mass is 10.0. The SMILES string of the molecule is CON=C(C(=O)N[C@@H]1C(=O)N2C(C(=O)O)=C(C[n+]3ccc(N)n3CCO)CS[C@H]12)c1nsc(N)n1. The van der Waals surface area contributed by atoms with Crippen LogP contribution in [-0.2, 0) is 32.3 Å². The van der Waals surface area contributed by atoms with Crippen molar-refractivity contribution in [1.29, 1.82) is 0 Å². The van der Waals surface area contributed by atoms with Crippen molar-refractivity contribution in [3.8, 4) is 0 Å². The minimum atomic E-state index is -1.26. The highest BCUT2D eigenvalue weighted by Gasteiger charge is 2.55. The minimum absolute atomic E-state index is 0.0534. The van der Waals surface area contributed by atoms with Crippen molar-refractivity contribution in [3.63, 3.8) is 0 Å². The maximum Gasteiger partial charge on any atom is 0.352 e. The molecule has 0 spiro atoms. The molecule has 7 N–H and O–H groups in total. The molecule has 17 heteroatoms. The summed E-state index contributed by atoms with van der Waals surface area (Å²) in [6.07, 6.45) is 1.67. The summed E-state index contributed by atoms with van der Waals surface area (Å²) in [5.74, 6) is -1.96. The van der Waals surface area contributed by atoms with E-state index in [9.17, 15) is 24.6 Å². The first-order valence-corrected chi connectivity index (χ1v) is 12.0. The predicted octanol–water partition coefficient (Wildman–Crippen LogP) is -2.43. The van der Waals surface area contributed by atoms with Crippen LogP contribution in [0.2, 0.25) is 0 Å². The Hall–Kier alpha value is -3.70. The lowest BCUT2D eigenvalue weighted by molar-refractivity contribution is -0.767. The van der Waals surface area contributed by atoms with E-state index in [1.807, 2.05) is 0 Å². The number of carboxylic acid groups (broad SMARTS) is 1. The maximum atomic E-state index is 13.0. The van der Waals surface area contributed by atoms with Gasteiger partial charge in [-0.2, -0.15) is 9.36 Å². The van der Waals surface area contributed by atoms with E-state index in [-0.39, 0.29) is 42.1 Å². The zero-order valence-electron chi connectivity index (χ0n) is 18.3. The van der Waals surface area contributed by atoms with E-state index in [0.717, 1.165) is 16.4 Å². The number of rotatable bonds is 9. The summed E-state index contributed by atoms with van der Waals surface area (Å²) in [5, 5.41) is 24.9. The van der Waals surface area contributed by atoms with Crippen molar-refractivity contribution in [3.05, 3.63) is 29.4 Å². The Labute approximate surface area is 206 Å². The third-order valence-corrected chi connectivity index (χ3v) is 7.16. The average molecular weight is 525 g/mol. The molecule has 0 saturated carbocycles. The van der Waals surface area contributed by atoms with Gasteiger partial charge < -0.3 is 31.8 Å². The van der Waals surface area contributed by atoms with Gasteiger partial charge in [-0.25, -0.2) is 4.79 Å². The van der Waals surface area contributed by atoms with Crippen LogP contribution in [-0.4, -0.2) is 83.5 Å². The smallest absolute Gasteiger partial charge is 0.352 e. The van der Waals surface area contributed by atoms with Gasteiger partial charge in [-0.15, -0.1) is 21.1 Å². The number of amides is 2. The molecule has 2 aliphatic rings. The number of aliphatic hydroxyl groups excluding tert-OH is 1. The number of anilines is 2. The van der Waals surface area contributed by atoms with Gasteiger partial charge in [0.25, 0.3) is 11.8 Å². The molecule has 4 rings (SSSR count). The van der Waals surface area contributed by atoms with Gasteiger partial charge in [-0.1, -0.05) is 5.16 Å². The topological polar surface area (TPSA) is 215 Å². The Bertz CT molecular complexity index is 1240. The number of oxime groups is 1. The number of carboxylic acids is 1. The van der Waals surface area contributed by atoms with Crippen LogP contribution in [0.5, 0.6) is 0 Å². The van der Waals surface area contributed by atoms with Gasteiger partial charge in [-0.05, 0) is 0 Å². The molecule has 2 aliphatic heterocycles. The van der Waals surface area contributed by atoms with Crippen LogP contribution in [0.25, 0.3) is 0 Å². The minimum Gasteiger partial charge on any atom is -0.477 e. The van der Waals surface area contributed by atoms with Gasteiger partial charge in [0.15, 0.2) is 23.7 Å². The zero-order valence-corrected chi connectivity index (χ0v) is 20.0. The van der Waals surface area contributed by atoms with Crippen molar-refractivity contribution in [2.75, 3.05) is 30.9 Å². The van der Waals surface area contributed by atoms with Gasteiger partial charge in [0, 0.05) is 22.9 Å². The average Bonchev–Trinajstić information content (AvgIpc) is 3.41. The van der Waals surface area contributed by atoms with E-state index in [1.165, 1.54) is 18.9 Å². The van der Waals surface area contributed by atoms with Crippen LogP contribution < -0.4 is 21.5 Å². The van der Waals surface area contributed by atoms with Crippen LogP contribution in [0.4, 0.5) is 10.9 Å². The fraction of sp³-hybridized carbons (Fsp3) is 0.389. The fourth-order valence-corrected chi connectivity index (χ4v) is 5.55. The summed E-state index contributed by atoms with van der Waals surface area (Å²) in [4.78, 5) is 47.6. The van der Waals surface area contributed by atoms with Crippen LogP contribution in [0, 0.1) is 0 Å². The summed E-state index contributed by atoms with van der Waals surface area (Å²) in [7, 11) is 1.24. The third-order valence-electron chi connectivity index (χ3n) is 5.28. The summed E-state index contributed by atoms with van der Waals surface area (Å²) in [5.41, 5.74) is 11.6. The Morgan fingerprint density at radius 2 is 2.20 bits per heavy atom. The highest BCUT2D eigenvalue weighted by atomic mass is 32.2. The number of β-lactam (4-membered cyclic amide) rings is 1. The molecule has 35 heavy (non-hydrogen) atoms. The first-order valence-electron chi connectivity index (χ1n) is 10.1. The highest BCUT2D eigenvalue weighted by molar-refractivity contribution is 8.00.